The first-order chi connectivity index (χ1) is 8.45. The van der Waals surface area contributed by atoms with Gasteiger partial charge in [-0.3, -0.25) is 0 Å². The summed E-state index contributed by atoms with van der Waals surface area (Å²) in [5.74, 6) is 0.395. The Kier molecular flexibility index (Phi) is 3.69. The second kappa shape index (κ2) is 4.94. The van der Waals surface area contributed by atoms with Gasteiger partial charge in [0.2, 0.25) is 5.89 Å². The first kappa shape index (κ1) is 13.4. The van der Waals surface area contributed by atoms with E-state index in [4.69, 9.17) is 15.0 Å². The van der Waals surface area contributed by atoms with Crippen LogP contribution in [-0.4, -0.2) is 44.6 Å². The molecule has 0 bridgehead atoms. The summed E-state index contributed by atoms with van der Waals surface area (Å²) in [5, 5.41) is 3.71. The normalized spacial score (nSPS) is 19.9. The molecule has 0 aliphatic carbocycles. The number of rotatable bonds is 4. The zero-order valence-corrected chi connectivity index (χ0v) is 11.1. The van der Waals surface area contributed by atoms with Crippen LogP contribution < -0.4 is 5.73 Å². The van der Waals surface area contributed by atoms with Crippen molar-refractivity contribution in [2.45, 2.75) is 24.0 Å². The minimum absolute atomic E-state index is 0.187. The number of aromatic nitrogens is 2. The van der Waals surface area contributed by atoms with Gasteiger partial charge in [0.1, 0.15) is 5.75 Å². The second-order valence-corrected chi connectivity index (χ2v) is 6.82. The summed E-state index contributed by atoms with van der Waals surface area (Å²) in [5.41, 5.74) is 5.43. The van der Waals surface area contributed by atoms with E-state index < -0.39 is 9.84 Å². The van der Waals surface area contributed by atoms with Crippen LogP contribution in [0.25, 0.3) is 0 Å². The van der Waals surface area contributed by atoms with Crippen molar-refractivity contribution in [3.8, 4) is 0 Å². The van der Waals surface area contributed by atoms with Crippen molar-refractivity contribution in [2.24, 2.45) is 5.73 Å². The first-order valence-corrected chi connectivity index (χ1v) is 7.80. The molecule has 0 aromatic carbocycles. The lowest BCUT2D eigenvalue weighted by molar-refractivity contribution is 0.0409. The molecule has 1 aliphatic rings. The maximum Gasteiger partial charge on any atom is 0.234 e. The molecule has 1 aromatic heterocycles. The Morgan fingerprint density at radius 3 is 2.61 bits per heavy atom. The van der Waals surface area contributed by atoms with Crippen molar-refractivity contribution in [3.63, 3.8) is 0 Å². The molecule has 0 atom stereocenters. The average molecular weight is 275 g/mol. The second-order valence-electron chi connectivity index (χ2n) is 4.68. The molecule has 2 N–H and O–H groups in total. The van der Waals surface area contributed by atoms with E-state index in [0.717, 1.165) is 6.26 Å². The number of hydrogen-bond donors (Lipinski definition) is 1. The summed E-state index contributed by atoms with van der Waals surface area (Å²) in [6.07, 6.45) is 2.56. The Labute approximate surface area is 106 Å². The lowest BCUT2D eigenvalue weighted by Crippen LogP contribution is -2.40. The van der Waals surface area contributed by atoms with Crippen LogP contribution in [0.1, 0.15) is 24.6 Å². The molecule has 1 aliphatic heterocycles. The fourth-order valence-electron chi connectivity index (χ4n) is 2.03. The van der Waals surface area contributed by atoms with E-state index in [2.05, 4.69) is 10.1 Å². The van der Waals surface area contributed by atoms with E-state index in [1.165, 1.54) is 0 Å². The minimum Gasteiger partial charge on any atom is -0.381 e. The minimum atomic E-state index is -3.16. The molecule has 0 amide bonds. The third kappa shape index (κ3) is 2.88. The molecule has 18 heavy (non-hydrogen) atoms. The highest BCUT2D eigenvalue weighted by Crippen LogP contribution is 2.32. The molecule has 2 heterocycles. The Morgan fingerprint density at radius 2 is 2.06 bits per heavy atom. The van der Waals surface area contributed by atoms with Crippen LogP contribution in [0.15, 0.2) is 4.52 Å². The van der Waals surface area contributed by atoms with Crippen LogP contribution in [0, 0.1) is 0 Å². The van der Waals surface area contributed by atoms with Crippen LogP contribution in [-0.2, 0) is 25.7 Å². The predicted molar refractivity (Wildman–Crippen MR) is 63.6 cm³/mol. The molecule has 2 rings (SSSR count). The zero-order valence-electron chi connectivity index (χ0n) is 10.3. The maximum atomic E-state index is 11.2. The largest absolute Gasteiger partial charge is 0.381 e. The number of sulfone groups is 1. The van der Waals surface area contributed by atoms with Gasteiger partial charge in [0.05, 0.1) is 5.41 Å². The molecule has 102 valence electrons. The predicted octanol–water partition coefficient (Wildman–Crippen LogP) is -0.379. The van der Waals surface area contributed by atoms with Gasteiger partial charge < -0.3 is 15.0 Å². The third-order valence-electron chi connectivity index (χ3n) is 3.15. The quantitative estimate of drug-likeness (QED) is 0.797. The van der Waals surface area contributed by atoms with Gasteiger partial charge in [0, 0.05) is 26.0 Å². The van der Waals surface area contributed by atoms with Gasteiger partial charge in [-0.05, 0) is 12.8 Å². The Balaban J connectivity index is 2.22. The van der Waals surface area contributed by atoms with Gasteiger partial charge in [-0.2, -0.15) is 4.98 Å². The number of ether oxygens (including phenoxy) is 1. The monoisotopic (exact) mass is 275 g/mol. The van der Waals surface area contributed by atoms with E-state index >= 15 is 0 Å². The lowest BCUT2D eigenvalue weighted by Gasteiger charge is -2.32. The molecule has 0 radical (unpaired) electrons. The maximum absolute atomic E-state index is 11.2. The molecular weight excluding hydrogens is 258 g/mol. The SMILES string of the molecule is CS(=O)(=O)Cc1noc(C2(CN)CCOCC2)n1. The molecule has 0 spiro atoms. The summed E-state index contributed by atoms with van der Waals surface area (Å²) < 4.78 is 32.8. The van der Waals surface area contributed by atoms with Crippen LogP contribution in [0.5, 0.6) is 0 Å². The van der Waals surface area contributed by atoms with Crippen LogP contribution in [0.2, 0.25) is 0 Å². The van der Waals surface area contributed by atoms with Crippen molar-refractivity contribution in [3.05, 3.63) is 11.7 Å². The van der Waals surface area contributed by atoms with Gasteiger partial charge >= 0.3 is 0 Å². The molecule has 1 aromatic rings. The van der Waals surface area contributed by atoms with Gasteiger partial charge in [-0.25, -0.2) is 8.42 Å². The Hall–Kier alpha value is -0.990. The van der Waals surface area contributed by atoms with Gasteiger partial charge in [-0.1, -0.05) is 5.16 Å². The summed E-state index contributed by atoms with van der Waals surface area (Å²) in [7, 11) is -3.16. The molecule has 7 nitrogen and oxygen atoms in total. The van der Waals surface area contributed by atoms with Crippen LogP contribution >= 0.6 is 0 Å². The van der Waals surface area contributed by atoms with Crippen molar-refractivity contribution in [2.75, 3.05) is 26.0 Å². The van der Waals surface area contributed by atoms with Gasteiger partial charge in [0.15, 0.2) is 15.7 Å². The highest BCUT2D eigenvalue weighted by Gasteiger charge is 2.38. The molecule has 0 saturated carbocycles. The molecule has 8 heteroatoms. The van der Waals surface area contributed by atoms with E-state index in [1.807, 2.05) is 0 Å². The Morgan fingerprint density at radius 1 is 1.39 bits per heavy atom. The van der Waals surface area contributed by atoms with E-state index in [0.29, 0.717) is 38.5 Å². The molecular formula is C10H17N3O4S. The van der Waals surface area contributed by atoms with E-state index in [1.54, 1.807) is 0 Å². The highest BCUT2D eigenvalue weighted by molar-refractivity contribution is 7.89. The Bertz CT molecular complexity index is 505. The van der Waals surface area contributed by atoms with Crippen molar-refractivity contribution < 1.29 is 17.7 Å². The van der Waals surface area contributed by atoms with Crippen LogP contribution in [0.4, 0.5) is 0 Å². The van der Waals surface area contributed by atoms with Gasteiger partial charge in [-0.15, -0.1) is 0 Å². The van der Waals surface area contributed by atoms with Crippen molar-refractivity contribution in [1.82, 2.24) is 10.1 Å². The molecule has 1 saturated heterocycles. The van der Waals surface area contributed by atoms with E-state index in [9.17, 15) is 8.42 Å². The van der Waals surface area contributed by atoms with Crippen molar-refractivity contribution >= 4 is 9.84 Å². The summed E-state index contributed by atoms with van der Waals surface area (Å²) in [6.45, 7) is 1.58. The van der Waals surface area contributed by atoms with E-state index in [-0.39, 0.29) is 17.0 Å². The number of nitrogens with zero attached hydrogens (tertiary/aromatic N) is 2. The average Bonchev–Trinajstić information content (AvgIpc) is 2.76. The standard InChI is InChI=1S/C10H17N3O4S/c1-18(14,15)6-8-12-9(17-13-8)10(7-11)2-4-16-5-3-10/h2-7,11H2,1H3. The third-order valence-corrected chi connectivity index (χ3v) is 3.94. The zero-order chi connectivity index (χ0) is 13.2. The summed E-state index contributed by atoms with van der Waals surface area (Å²) >= 11 is 0. The highest BCUT2D eigenvalue weighted by atomic mass is 32.2. The first-order valence-electron chi connectivity index (χ1n) is 5.74. The summed E-state index contributed by atoms with van der Waals surface area (Å²) in [4.78, 5) is 4.17. The smallest absolute Gasteiger partial charge is 0.234 e. The number of hydrogen-bond acceptors (Lipinski definition) is 7. The van der Waals surface area contributed by atoms with Crippen LogP contribution in [0.3, 0.4) is 0 Å². The fourth-order valence-corrected chi connectivity index (χ4v) is 2.62. The molecule has 1 fully saturated rings. The van der Waals surface area contributed by atoms with Crippen molar-refractivity contribution in [1.29, 1.82) is 0 Å². The lowest BCUT2D eigenvalue weighted by atomic mass is 9.80. The summed E-state index contributed by atoms with van der Waals surface area (Å²) in [6, 6.07) is 0. The van der Waals surface area contributed by atoms with Gasteiger partial charge in [0.25, 0.3) is 0 Å². The fraction of sp³-hybridized carbons (Fsp3) is 0.800. The number of nitrogens with two attached hydrogens (primary N) is 1. The topological polar surface area (TPSA) is 108 Å². The molecule has 0 unspecified atom stereocenters.